The molecule has 1 fully saturated rings. The minimum atomic E-state index is -4.26. The maximum Gasteiger partial charge on any atom is 0.390 e. The van der Waals surface area contributed by atoms with Crippen LogP contribution >= 0.6 is 0 Å². The molecule has 3 rings (SSSR count). The van der Waals surface area contributed by atoms with Crippen molar-refractivity contribution in [2.75, 3.05) is 45.7 Å². The van der Waals surface area contributed by atoms with E-state index in [1.54, 1.807) is 37.3 Å². The molecule has 1 heterocycles. The topological polar surface area (TPSA) is 71.1 Å². The van der Waals surface area contributed by atoms with E-state index in [1.807, 2.05) is 13.8 Å². The van der Waals surface area contributed by atoms with Gasteiger partial charge in [0.05, 0.1) is 18.1 Å². The lowest BCUT2D eigenvalue weighted by molar-refractivity contribution is -0.140. The zero-order valence-electron chi connectivity index (χ0n) is 20.2. The van der Waals surface area contributed by atoms with Crippen molar-refractivity contribution >= 4 is 17.5 Å². The van der Waals surface area contributed by atoms with Crippen molar-refractivity contribution in [3.63, 3.8) is 0 Å². The summed E-state index contributed by atoms with van der Waals surface area (Å²) in [6, 6.07) is 4.54. The van der Waals surface area contributed by atoms with Gasteiger partial charge < -0.3 is 19.7 Å². The number of rotatable bonds is 5. The molecule has 1 aromatic carbocycles. The summed E-state index contributed by atoms with van der Waals surface area (Å²) in [4.78, 5) is 28.7. The highest BCUT2D eigenvalue weighted by Crippen LogP contribution is 2.32. The minimum absolute atomic E-state index is 0.0184. The summed E-state index contributed by atoms with van der Waals surface area (Å²) < 4.78 is 50.5. The number of hydrogen-bond donors (Lipinski definition) is 1. The van der Waals surface area contributed by atoms with Crippen molar-refractivity contribution in [3.8, 4) is 5.75 Å². The van der Waals surface area contributed by atoms with E-state index >= 15 is 0 Å². The van der Waals surface area contributed by atoms with Crippen LogP contribution in [0.25, 0.3) is 0 Å². The molecular formula is C24H34F3N3O4. The molecule has 1 N–H and O–H groups in total. The number of methoxy groups -OCH3 is 1. The largest absolute Gasteiger partial charge is 0.491 e. The van der Waals surface area contributed by atoms with Crippen molar-refractivity contribution in [1.29, 1.82) is 0 Å². The molecule has 1 aliphatic heterocycles. The number of carbonyl (C=O) groups excluding carboxylic acids is 2. The summed E-state index contributed by atoms with van der Waals surface area (Å²) in [5, 5.41) is 2.85. The number of nitrogens with zero attached hydrogens (tertiary/aromatic N) is 2. The van der Waals surface area contributed by atoms with Gasteiger partial charge in [-0.25, -0.2) is 0 Å². The highest BCUT2D eigenvalue weighted by Gasteiger charge is 2.33. The summed E-state index contributed by atoms with van der Waals surface area (Å²) in [5.74, 6) is -0.137. The Morgan fingerprint density at radius 3 is 2.56 bits per heavy atom. The van der Waals surface area contributed by atoms with Gasteiger partial charge >= 0.3 is 6.18 Å². The predicted molar refractivity (Wildman–Crippen MR) is 122 cm³/mol. The van der Waals surface area contributed by atoms with E-state index in [9.17, 15) is 22.8 Å². The van der Waals surface area contributed by atoms with Gasteiger partial charge in [0.2, 0.25) is 5.91 Å². The smallest absolute Gasteiger partial charge is 0.390 e. The van der Waals surface area contributed by atoms with Crippen LogP contribution in [-0.2, 0) is 9.53 Å². The third kappa shape index (κ3) is 7.09. The maximum absolute atomic E-state index is 13.2. The first-order valence-electron chi connectivity index (χ1n) is 11.6. The van der Waals surface area contributed by atoms with Crippen molar-refractivity contribution in [2.45, 2.75) is 51.4 Å². The van der Waals surface area contributed by atoms with Crippen LogP contribution in [0.1, 0.15) is 43.5 Å². The Bertz CT molecular complexity index is 876. The van der Waals surface area contributed by atoms with Gasteiger partial charge in [-0.3, -0.25) is 14.5 Å². The van der Waals surface area contributed by atoms with Crippen LogP contribution in [0.4, 0.5) is 18.9 Å². The normalized spacial score (nSPS) is 25.1. The monoisotopic (exact) mass is 485 g/mol. The molecule has 3 atom stereocenters. The number of fused-ring (bicyclic) bond motifs is 1. The number of halogens is 3. The Kier molecular flexibility index (Phi) is 8.46. The summed E-state index contributed by atoms with van der Waals surface area (Å²) >= 11 is 0. The molecule has 1 saturated carbocycles. The van der Waals surface area contributed by atoms with E-state index in [1.165, 1.54) is 4.90 Å². The molecule has 190 valence electrons. The molecule has 7 nitrogen and oxygen atoms in total. The van der Waals surface area contributed by atoms with Gasteiger partial charge in [0.25, 0.3) is 5.91 Å². The van der Waals surface area contributed by atoms with Gasteiger partial charge in [-0.1, -0.05) is 6.92 Å². The lowest BCUT2D eigenvalue weighted by Gasteiger charge is -2.36. The van der Waals surface area contributed by atoms with Crippen molar-refractivity contribution in [2.24, 2.45) is 11.8 Å². The van der Waals surface area contributed by atoms with Gasteiger partial charge in [0.1, 0.15) is 12.4 Å². The highest BCUT2D eigenvalue weighted by atomic mass is 19.4. The summed E-state index contributed by atoms with van der Waals surface area (Å²) in [7, 11) is 3.20. The van der Waals surface area contributed by atoms with Gasteiger partial charge in [0.15, 0.2) is 0 Å². The molecular weight excluding hydrogens is 451 g/mol. The number of likely N-dealkylation sites (N-methyl/N-ethyl adjacent to an activating group) is 1. The van der Waals surface area contributed by atoms with Crippen molar-refractivity contribution in [1.82, 2.24) is 9.80 Å². The van der Waals surface area contributed by atoms with E-state index < -0.39 is 12.6 Å². The number of anilines is 1. The Balaban J connectivity index is 1.88. The Morgan fingerprint density at radius 1 is 1.24 bits per heavy atom. The molecule has 34 heavy (non-hydrogen) atoms. The fraction of sp³-hybridized carbons (Fsp3) is 0.667. The lowest BCUT2D eigenvalue weighted by atomic mass is 10.0. The number of nitrogens with one attached hydrogen (secondary N) is 1. The second kappa shape index (κ2) is 10.9. The Morgan fingerprint density at radius 2 is 1.94 bits per heavy atom. The summed E-state index contributed by atoms with van der Waals surface area (Å²) in [5.41, 5.74) is 0.840. The molecule has 0 radical (unpaired) electrons. The predicted octanol–water partition coefficient (Wildman–Crippen LogP) is 3.79. The van der Waals surface area contributed by atoms with Gasteiger partial charge in [0, 0.05) is 57.5 Å². The molecule has 0 unspecified atom stereocenters. The first-order valence-corrected chi connectivity index (χ1v) is 11.6. The van der Waals surface area contributed by atoms with Crippen LogP contribution in [0.3, 0.4) is 0 Å². The molecule has 10 heteroatoms. The maximum atomic E-state index is 13.2. The quantitative estimate of drug-likeness (QED) is 0.687. The standard InChI is InChI=1S/C24H34F3N3O4/c1-15-12-30(10-9-24(25,26)27)16(2)14-34-20-11-18(28-22(31)17-5-6-17)7-8-19(20)23(32)29(3)13-21(15)33-4/h7-8,11,15-17,21H,5-6,9-10,12-14H2,1-4H3,(H,28,31)/t15-,16+,21-/m1/s1. The van der Waals surface area contributed by atoms with Crippen molar-refractivity contribution < 1.29 is 32.2 Å². The van der Waals surface area contributed by atoms with Gasteiger partial charge in [-0.05, 0) is 37.8 Å². The van der Waals surface area contributed by atoms with Crippen LogP contribution in [0.2, 0.25) is 0 Å². The molecule has 1 aliphatic carbocycles. The second-order valence-electron chi connectivity index (χ2n) is 9.43. The van der Waals surface area contributed by atoms with Crippen LogP contribution in [0, 0.1) is 11.8 Å². The number of ether oxygens (including phenoxy) is 2. The zero-order chi connectivity index (χ0) is 25.0. The second-order valence-corrected chi connectivity index (χ2v) is 9.43. The molecule has 0 bridgehead atoms. The lowest BCUT2D eigenvalue weighted by Crippen LogP contribution is -2.47. The molecule has 0 spiro atoms. The van der Waals surface area contributed by atoms with E-state index in [0.29, 0.717) is 17.8 Å². The third-order valence-electron chi connectivity index (χ3n) is 6.47. The fourth-order valence-electron chi connectivity index (χ4n) is 4.10. The molecule has 0 saturated heterocycles. The Hall–Kier alpha value is -2.33. The summed E-state index contributed by atoms with van der Waals surface area (Å²) in [6.07, 6.45) is -3.81. The third-order valence-corrected chi connectivity index (χ3v) is 6.47. The number of benzene rings is 1. The average Bonchev–Trinajstić information content (AvgIpc) is 3.62. The van der Waals surface area contributed by atoms with Gasteiger partial charge in [-0.2, -0.15) is 13.2 Å². The molecule has 1 aromatic rings. The first-order chi connectivity index (χ1) is 16.0. The Labute approximate surface area is 198 Å². The SMILES string of the molecule is CO[C@@H]1CN(C)C(=O)c2ccc(NC(=O)C3CC3)cc2OC[C@H](C)N(CCC(F)(F)F)C[C@H]1C. The highest BCUT2D eigenvalue weighted by molar-refractivity contribution is 5.99. The minimum Gasteiger partial charge on any atom is -0.491 e. The van der Waals surface area contributed by atoms with E-state index in [-0.39, 0.29) is 61.2 Å². The van der Waals surface area contributed by atoms with Gasteiger partial charge in [-0.15, -0.1) is 0 Å². The number of hydrogen-bond acceptors (Lipinski definition) is 5. The van der Waals surface area contributed by atoms with Crippen LogP contribution in [-0.4, -0.2) is 80.3 Å². The zero-order valence-corrected chi connectivity index (χ0v) is 20.2. The molecule has 2 aliphatic rings. The number of amides is 2. The molecule has 0 aromatic heterocycles. The van der Waals surface area contributed by atoms with E-state index in [2.05, 4.69) is 5.32 Å². The van der Waals surface area contributed by atoms with Crippen LogP contribution in [0.5, 0.6) is 5.75 Å². The first kappa shape index (κ1) is 26.3. The van der Waals surface area contributed by atoms with Crippen molar-refractivity contribution in [3.05, 3.63) is 23.8 Å². The number of alkyl halides is 3. The fourth-order valence-corrected chi connectivity index (χ4v) is 4.10. The van der Waals surface area contributed by atoms with E-state index in [0.717, 1.165) is 12.8 Å². The summed E-state index contributed by atoms with van der Waals surface area (Å²) in [6.45, 7) is 4.29. The van der Waals surface area contributed by atoms with Crippen LogP contribution < -0.4 is 10.1 Å². The molecule has 2 amide bonds. The van der Waals surface area contributed by atoms with Crippen LogP contribution in [0.15, 0.2) is 18.2 Å². The average molecular weight is 486 g/mol. The van der Waals surface area contributed by atoms with E-state index in [4.69, 9.17) is 9.47 Å². The number of carbonyl (C=O) groups is 2.